The number of nitrogens with one attached hydrogen (secondary N) is 1. The molecule has 0 spiro atoms. The number of benzene rings is 3. The first-order valence-corrected chi connectivity index (χ1v) is 7.94. The van der Waals surface area contributed by atoms with E-state index < -0.39 is 0 Å². The summed E-state index contributed by atoms with van der Waals surface area (Å²) in [6.07, 6.45) is 5.04. The lowest BCUT2D eigenvalue weighted by Gasteiger charge is -2.01. The predicted octanol–water partition coefficient (Wildman–Crippen LogP) is 4.98. The molecule has 4 rings (SSSR count). The van der Waals surface area contributed by atoms with E-state index in [1.807, 2.05) is 6.21 Å². The average Bonchev–Trinajstić information content (AvgIpc) is 3.02. The Bertz CT molecular complexity index is 974. The van der Waals surface area contributed by atoms with Crippen molar-refractivity contribution in [2.75, 3.05) is 6.54 Å². The van der Waals surface area contributed by atoms with Crippen molar-refractivity contribution in [2.24, 2.45) is 4.99 Å². The maximum atomic E-state index is 4.63. The topological polar surface area (TPSA) is 28.1 Å². The number of hydrogen-bond donors (Lipinski definition) is 1. The standard InChI is InChI=1S/C21H18N2/c1-2-9-19-16(6-1)7-5-8-17(19)14-22-13-12-18-15-23-21-11-4-3-10-20(18)21/h1-11,14-15,23H,12-13H2. The van der Waals surface area contributed by atoms with Crippen LogP contribution in [0.2, 0.25) is 0 Å². The van der Waals surface area contributed by atoms with Crippen LogP contribution < -0.4 is 0 Å². The molecule has 1 N–H and O–H groups in total. The van der Waals surface area contributed by atoms with Crippen molar-refractivity contribution in [3.63, 3.8) is 0 Å². The van der Waals surface area contributed by atoms with Crippen LogP contribution >= 0.6 is 0 Å². The molecule has 4 aromatic rings. The number of rotatable bonds is 4. The molecular weight excluding hydrogens is 280 g/mol. The number of fused-ring (bicyclic) bond motifs is 2. The minimum absolute atomic E-state index is 0.797. The number of para-hydroxylation sites is 1. The van der Waals surface area contributed by atoms with Gasteiger partial charge in [0.05, 0.1) is 0 Å². The molecule has 0 fully saturated rings. The highest BCUT2D eigenvalue weighted by Gasteiger charge is 2.01. The molecule has 1 heterocycles. The van der Waals surface area contributed by atoms with Gasteiger partial charge in [-0.1, -0.05) is 60.7 Å². The molecule has 0 saturated carbocycles. The van der Waals surface area contributed by atoms with Gasteiger partial charge in [0.15, 0.2) is 0 Å². The van der Waals surface area contributed by atoms with Gasteiger partial charge in [0.1, 0.15) is 0 Å². The van der Waals surface area contributed by atoms with Crippen molar-refractivity contribution in [3.8, 4) is 0 Å². The van der Waals surface area contributed by atoms with Crippen molar-refractivity contribution < 1.29 is 0 Å². The first-order chi connectivity index (χ1) is 11.4. The number of H-pyrrole nitrogens is 1. The molecule has 0 unspecified atom stereocenters. The van der Waals surface area contributed by atoms with E-state index in [1.54, 1.807) is 0 Å². The van der Waals surface area contributed by atoms with Crippen molar-refractivity contribution in [3.05, 3.63) is 84.1 Å². The second-order valence-corrected chi connectivity index (χ2v) is 5.71. The molecule has 112 valence electrons. The summed E-state index contributed by atoms with van der Waals surface area (Å²) in [5.74, 6) is 0. The maximum absolute atomic E-state index is 4.63. The molecule has 0 aliphatic rings. The Morgan fingerprint density at radius 2 is 1.61 bits per heavy atom. The summed E-state index contributed by atoms with van der Waals surface area (Å²) in [7, 11) is 0. The van der Waals surface area contributed by atoms with E-state index in [1.165, 1.54) is 32.8 Å². The highest BCUT2D eigenvalue weighted by molar-refractivity contribution is 5.99. The number of nitrogens with zero attached hydrogens (tertiary/aromatic N) is 1. The fourth-order valence-electron chi connectivity index (χ4n) is 3.05. The Morgan fingerprint density at radius 3 is 2.57 bits per heavy atom. The lowest BCUT2D eigenvalue weighted by molar-refractivity contribution is 0.981. The zero-order valence-electron chi connectivity index (χ0n) is 12.9. The highest BCUT2D eigenvalue weighted by atomic mass is 14.7. The normalized spacial score (nSPS) is 11.7. The van der Waals surface area contributed by atoms with Crippen molar-refractivity contribution in [1.82, 2.24) is 4.98 Å². The summed E-state index contributed by atoms with van der Waals surface area (Å²) in [6, 6.07) is 23.2. The van der Waals surface area contributed by atoms with Crippen molar-refractivity contribution in [1.29, 1.82) is 0 Å². The van der Waals surface area contributed by atoms with Crippen LogP contribution in [0, 0.1) is 0 Å². The molecule has 0 amide bonds. The van der Waals surface area contributed by atoms with Gasteiger partial charge in [0.25, 0.3) is 0 Å². The van der Waals surface area contributed by atoms with E-state index in [0.717, 1.165) is 13.0 Å². The van der Waals surface area contributed by atoms with Crippen LogP contribution in [0.3, 0.4) is 0 Å². The third-order valence-electron chi connectivity index (χ3n) is 4.24. The van der Waals surface area contributed by atoms with E-state index in [2.05, 4.69) is 82.9 Å². The molecule has 0 bridgehead atoms. The molecule has 2 nitrogen and oxygen atoms in total. The third kappa shape index (κ3) is 2.76. The van der Waals surface area contributed by atoms with Gasteiger partial charge < -0.3 is 4.98 Å². The Morgan fingerprint density at radius 1 is 0.826 bits per heavy atom. The Kier molecular flexibility index (Phi) is 3.65. The number of aliphatic imine (C=N–C) groups is 1. The highest BCUT2D eigenvalue weighted by Crippen LogP contribution is 2.19. The smallest absolute Gasteiger partial charge is 0.0456 e. The molecular formula is C21H18N2. The van der Waals surface area contributed by atoms with Crippen LogP contribution in [-0.2, 0) is 6.42 Å². The Labute approximate surface area is 135 Å². The number of hydrogen-bond acceptors (Lipinski definition) is 1. The number of aromatic nitrogens is 1. The lowest BCUT2D eigenvalue weighted by Crippen LogP contribution is -1.90. The lowest BCUT2D eigenvalue weighted by atomic mass is 10.1. The Balaban J connectivity index is 1.51. The second kappa shape index (κ2) is 6.09. The van der Waals surface area contributed by atoms with E-state index in [4.69, 9.17) is 0 Å². The van der Waals surface area contributed by atoms with Gasteiger partial charge in [0, 0.05) is 35.4 Å². The van der Waals surface area contributed by atoms with Gasteiger partial charge in [-0.25, -0.2) is 0 Å². The second-order valence-electron chi connectivity index (χ2n) is 5.71. The zero-order chi connectivity index (χ0) is 15.5. The summed E-state index contributed by atoms with van der Waals surface area (Å²) in [6.45, 7) is 0.797. The van der Waals surface area contributed by atoms with E-state index >= 15 is 0 Å². The molecule has 0 aliphatic heterocycles. The molecule has 1 aromatic heterocycles. The zero-order valence-corrected chi connectivity index (χ0v) is 12.9. The predicted molar refractivity (Wildman–Crippen MR) is 98.4 cm³/mol. The molecule has 3 aromatic carbocycles. The van der Waals surface area contributed by atoms with Gasteiger partial charge in [0.2, 0.25) is 0 Å². The molecule has 0 aliphatic carbocycles. The van der Waals surface area contributed by atoms with Gasteiger partial charge in [-0.3, -0.25) is 4.99 Å². The van der Waals surface area contributed by atoms with Gasteiger partial charge in [-0.05, 0) is 28.8 Å². The first kappa shape index (κ1) is 13.8. The van der Waals surface area contributed by atoms with Gasteiger partial charge in [-0.15, -0.1) is 0 Å². The molecule has 2 heteroatoms. The van der Waals surface area contributed by atoms with E-state index in [0.29, 0.717) is 0 Å². The van der Waals surface area contributed by atoms with Crippen LogP contribution in [0.15, 0.2) is 77.9 Å². The Hall–Kier alpha value is -2.87. The summed E-state index contributed by atoms with van der Waals surface area (Å²) in [5, 5.41) is 3.81. The van der Waals surface area contributed by atoms with E-state index in [-0.39, 0.29) is 0 Å². The quantitative estimate of drug-likeness (QED) is 0.515. The van der Waals surface area contributed by atoms with Crippen LogP contribution in [0.4, 0.5) is 0 Å². The third-order valence-corrected chi connectivity index (χ3v) is 4.24. The fraction of sp³-hybridized carbons (Fsp3) is 0.0952. The molecule has 0 radical (unpaired) electrons. The minimum atomic E-state index is 0.797. The van der Waals surface area contributed by atoms with E-state index in [9.17, 15) is 0 Å². The van der Waals surface area contributed by atoms with Crippen LogP contribution in [-0.4, -0.2) is 17.7 Å². The summed E-state index contributed by atoms with van der Waals surface area (Å²) in [5.41, 5.74) is 3.71. The summed E-state index contributed by atoms with van der Waals surface area (Å²) in [4.78, 5) is 7.95. The van der Waals surface area contributed by atoms with Crippen LogP contribution in [0.1, 0.15) is 11.1 Å². The minimum Gasteiger partial charge on any atom is -0.361 e. The van der Waals surface area contributed by atoms with Gasteiger partial charge in [-0.2, -0.15) is 0 Å². The summed E-state index contributed by atoms with van der Waals surface area (Å²) >= 11 is 0. The molecule has 0 saturated heterocycles. The van der Waals surface area contributed by atoms with Crippen LogP contribution in [0.25, 0.3) is 21.7 Å². The maximum Gasteiger partial charge on any atom is 0.0456 e. The largest absolute Gasteiger partial charge is 0.361 e. The van der Waals surface area contributed by atoms with Crippen molar-refractivity contribution in [2.45, 2.75) is 6.42 Å². The SMILES string of the molecule is C(=NCCc1c[nH]c2ccccc12)c1cccc2ccccc12. The molecule has 23 heavy (non-hydrogen) atoms. The average molecular weight is 298 g/mol. The first-order valence-electron chi connectivity index (χ1n) is 7.94. The number of aromatic amines is 1. The van der Waals surface area contributed by atoms with Crippen molar-refractivity contribution >= 4 is 27.9 Å². The monoisotopic (exact) mass is 298 g/mol. The van der Waals surface area contributed by atoms with Crippen LogP contribution in [0.5, 0.6) is 0 Å². The molecule has 0 atom stereocenters. The van der Waals surface area contributed by atoms with Gasteiger partial charge >= 0.3 is 0 Å². The summed E-state index contributed by atoms with van der Waals surface area (Å²) < 4.78 is 0. The fourth-order valence-corrected chi connectivity index (χ4v) is 3.05.